The fraction of sp³-hybridized carbons (Fsp3) is 0.429. The molecule has 0 aliphatic heterocycles. The molecule has 1 saturated carbocycles. The molecule has 1 fully saturated rings. The van der Waals surface area contributed by atoms with Crippen LogP contribution in [0.1, 0.15) is 73.5 Å². The molecular weight excluding hydrogens is 376 g/mol. The smallest absolute Gasteiger partial charge is 0.253 e. The molecule has 0 spiro atoms. The van der Waals surface area contributed by atoms with Crippen LogP contribution in [-0.2, 0) is 5.54 Å². The average Bonchev–Trinajstić information content (AvgIpc) is 2.62. The zero-order valence-corrected chi connectivity index (χ0v) is 16.5. The molecule has 0 unspecified atom stereocenters. The number of hydrogen-bond donors (Lipinski definition) is 1. The lowest BCUT2D eigenvalue weighted by Crippen LogP contribution is -2.42. The van der Waals surface area contributed by atoms with Crippen LogP contribution in [0.25, 0.3) is 0 Å². The maximum Gasteiger partial charge on any atom is 0.253 e. The predicted octanol–water partition coefficient (Wildman–Crippen LogP) is 5.56. The summed E-state index contributed by atoms with van der Waals surface area (Å²) in [6.07, 6.45) is 7.89. The summed E-state index contributed by atoms with van der Waals surface area (Å²) in [5.41, 5.74) is 2.27. The second-order valence-electron chi connectivity index (χ2n) is 7.33. The highest BCUT2D eigenvalue weighted by atomic mass is 79.9. The topological polar surface area (TPSA) is 42.0 Å². The Morgan fingerprint density at radius 2 is 1.88 bits per heavy atom. The summed E-state index contributed by atoms with van der Waals surface area (Å²) in [6.45, 7) is 3.98. The molecule has 0 bridgehead atoms. The van der Waals surface area contributed by atoms with E-state index in [1.54, 1.807) is 6.20 Å². The Morgan fingerprint density at radius 3 is 2.56 bits per heavy atom. The van der Waals surface area contributed by atoms with E-state index in [4.69, 9.17) is 0 Å². The maximum atomic E-state index is 13.1. The van der Waals surface area contributed by atoms with Crippen LogP contribution < -0.4 is 5.32 Å². The van der Waals surface area contributed by atoms with Crippen LogP contribution in [0.2, 0.25) is 0 Å². The van der Waals surface area contributed by atoms with Gasteiger partial charge in [0.2, 0.25) is 0 Å². The van der Waals surface area contributed by atoms with E-state index in [-0.39, 0.29) is 5.91 Å². The van der Waals surface area contributed by atoms with Gasteiger partial charge in [0.05, 0.1) is 16.8 Å². The largest absolute Gasteiger partial charge is 0.341 e. The van der Waals surface area contributed by atoms with E-state index in [9.17, 15) is 4.79 Å². The Bertz CT molecular complexity index is 737. The number of aromatic nitrogens is 1. The monoisotopic (exact) mass is 400 g/mol. The molecule has 4 heteroatoms. The molecule has 1 N–H and O–H groups in total. The number of rotatable bonds is 4. The summed E-state index contributed by atoms with van der Waals surface area (Å²) in [5.74, 6) is 0.439. The van der Waals surface area contributed by atoms with Crippen molar-refractivity contribution in [2.24, 2.45) is 0 Å². The third-order valence-corrected chi connectivity index (χ3v) is 5.71. The zero-order chi connectivity index (χ0) is 17.9. The Labute approximate surface area is 158 Å². The van der Waals surface area contributed by atoms with Crippen LogP contribution in [0.15, 0.2) is 47.1 Å². The van der Waals surface area contributed by atoms with Gasteiger partial charge in [0.15, 0.2) is 0 Å². The fourth-order valence-corrected chi connectivity index (χ4v) is 4.24. The summed E-state index contributed by atoms with van der Waals surface area (Å²) in [4.78, 5) is 17.6. The molecule has 1 amide bonds. The Balaban J connectivity index is 1.89. The number of hydrogen-bond acceptors (Lipinski definition) is 2. The van der Waals surface area contributed by atoms with Crippen molar-refractivity contribution in [3.8, 4) is 0 Å². The Hall–Kier alpha value is -1.68. The number of benzene rings is 1. The molecule has 0 saturated heterocycles. The third-order valence-electron chi connectivity index (χ3n) is 5.05. The molecule has 132 valence electrons. The molecule has 0 radical (unpaired) electrons. The fourth-order valence-electron chi connectivity index (χ4n) is 3.68. The van der Waals surface area contributed by atoms with Gasteiger partial charge in [0.1, 0.15) is 0 Å². The average molecular weight is 401 g/mol. The number of carbonyl (C=O) groups is 1. The van der Waals surface area contributed by atoms with Gasteiger partial charge >= 0.3 is 0 Å². The third kappa shape index (κ3) is 4.12. The lowest BCUT2D eigenvalue weighted by molar-refractivity contribution is 0.0907. The number of halogens is 1. The Kier molecular flexibility index (Phi) is 5.57. The van der Waals surface area contributed by atoms with E-state index in [1.807, 2.05) is 44.2 Å². The lowest BCUT2D eigenvalue weighted by atomic mass is 9.82. The highest BCUT2D eigenvalue weighted by Crippen LogP contribution is 2.37. The molecule has 1 heterocycles. The van der Waals surface area contributed by atoms with Crippen LogP contribution in [0, 0.1) is 0 Å². The molecule has 25 heavy (non-hydrogen) atoms. The van der Waals surface area contributed by atoms with Crippen LogP contribution in [0.4, 0.5) is 0 Å². The van der Waals surface area contributed by atoms with Crippen molar-refractivity contribution < 1.29 is 4.79 Å². The van der Waals surface area contributed by atoms with Crippen molar-refractivity contribution in [1.29, 1.82) is 0 Å². The van der Waals surface area contributed by atoms with E-state index < -0.39 is 5.54 Å². The van der Waals surface area contributed by atoms with Crippen molar-refractivity contribution in [1.82, 2.24) is 10.3 Å². The minimum absolute atomic E-state index is 0.0382. The van der Waals surface area contributed by atoms with Crippen molar-refractivity contribution in [3.05, 3.63) is 63.9 Å². The highest BCUT2D eigenvalue weighted by molar-refractivity contribution is 9.10. The quantitative estimate of drug-likeness (QED) is 0.729. The van der Waals surface area contributed by atoms with Crippen LogP contribution in [-0.4, -0.2) is 10.9 Å². The zero-order valence-electron chi connectivity index (χ0n) is 14.9. The molecule has 3 rings (SSSR count). The number of nitrogens with zero attached hydrogens (tertiary/aromatic N) is 1. The maximum absolute atomic E-state index is 13.1. The number of nitrogens with one attached hydrogen (secondary N) is 1. The minimum atomic E-state index is -0.530. The summed E-state index contributed by atoms with van der Waals surface area (Å²) in [6, 6.07) is 11.9. The van der Waals surface area contributed by atoms with Gasteiger partial charge in [-0.25, -0.2) is 0 Å². The first-order valence-corrected chi connectivity index (χ1v) is 9.81. The first-order valence-electron chi connectivity index (χ1n) is 9.01. The lowest BCUT2D eigenvalue weighted by Gasteiger charge is -2.28. The number of pyridine rings is 1. The first-order chi connectivity index (χ1) is 12.0. The minimum Gasteiger partial charge on any atom is -0.341 e. The van der Waals surface area contributed by atoms with Crippen LogP contribution >= 0.6 is 15.9 Å². The first kappa shape index (κ1) is 18.1. The van der Waals surface area contributed by atoms with Gasteiger partial charge in [0, 0.05) is 10.7 Å². The van der Waals surface area contributed by atoms with Gasteiger partial charge in [0.25, 0.3) is 5.91 Å². The predicted molar refractivity (Wildman–Crippen MR) is 105 cm³/mol. The van der Waals surface area contributed by atoms with E-state index in [1.165, 1.54) is 37.7 Å². The molecule has 1 aromatic heterocycles. The molecule has 0 atom stereocenters. The van der Waals surface area contributed by atoms with Gasteiger partial charge in [-0.15, -0.1) is 0 Å². The van der Waals surface area contributed by atoms with Crippen LogP contribution in [0.3, 0.4) is 0 Å². The molecule has 1 aliphatic carbocycles. The van der Waals surface area contributed by atoms with Gasteiger partial charge in [-0.05, 0) is 72.3 Å². The Morgan fingerprint density at radius 1 is 1.12 bits per heavy atom. The van der Waals surface area contributed by atoms with Gasteiger partial charge in [-0.2, -0.15) is 0 Å². The summed E-state index contributed by atoms with van der Waals surface area (Å²) in [7, 11) is 0. The van der Waals surface area contributed by atoms with Crippen molar-refractivity contribution in [2.75, 3.05) is 0 Å². The van der Waals surface area contributed by atoms with E-state index in [0.717, 1.165) is 15.7 Å². The van der Waals surface area contributed by atoms with E-state index in [2.05, 4.69) is 32.3 Å². The van der Waals surface area contributed by atoms with Crippen molar-refractivity contribution >= 4 is 21.8 Å². The highest BCUT2D eigenvalue weighted by Gasteiger charge is 2.28. The number of carbonyl (C=O) groups excluding carboxylic acids is 1. The molecule has 1 aromatic carbocycles. The second-order valence-corrected chi connectivity index (χ2v) is 8.19. The summed E-state index contributed by atoms with van der Waals surface area (Å²) < 4.78 is 0.866. The van der Waals surface area contributed by atoms with Gasteiger partial charge in [-0.3, -0.25) is 9.78 Å². The molecule has 1 aliphatic rings. The standard InChI is InChI=1S/C21H25BrN2O/c1-21(2,18-13-6-7-14-23-18)24-20(25)19-16(11-8-12-17(19)22)15-9-4-3-5-10-15/h6-8,11-15H,3-5,9-10H2,1-2H3,(H,24,25). The van der Waals surface area contributed by atoms with E-state index in [0.29, 0.717) is 5.92 Å². The normalized spacial score (nSPS) is 15.8. The van der Waals surface area contributed by atoms with Crippen LogP contribution in [0.5, 0.6) is 0 Å². The van der Waals surface area contributed by atoms with Gasteiger partial charge in [-0.1, -0.05) is 37.5 Å². The second kappa shape index (κ2) is 7.69. The SMILES string of the molecule is CC(C)(NC(=O)c1c(Br)cccc1C1CCCCC1)c1ccccn1. The molecule has 2 aromatic rings. The number of amides is 1. The van der Waals surface area contributed by atoms with Crippen molar-refractivity contribution in [2.45, 2.75) is 57.4 Å². The van der Waals surface area contributed by atoms with E-state index >= 15 is 0 Å². The van der Waals surface area contributed by atoms with Crippen molar-refractivity contribution in [3.63, 3.8) is 0 Å². The summed E-state index contributed by atoms with van der Waals surface area (Å²) in [5, 5.41) is 3.18. The summed E-state index contributed by atoms with van der Waals surface area (Å²) >= 11 is 3.60. The molecule has 3 nitrogen and oxygen atoms in total. The molecular formula is C21H25BrN2O. The van der Waals surface area contributed by atoms with Gasteiger partial charge < -0.3 is 5.32 Å².